The highest BCUT2D eigenvalue weighted by molar-refractivity contribution is 14.0. The maximum Gasteiger partial charge on any atom is 0.194 e. The maximum absolute atomic E-state index is 14.7. The van der Waals surface area contributed by atoms with Gasteiger partial charge in [-0.2, -0.15) is 0 Å². The van der Waals surface area contributed by atoms with Gasteiger partial charge >= 0.3 is 0 Å². The number of nitrogens with one attached hydrogen (secondary N) is 1. The van der Waals surface area contributed by atoms with Crippen LogP contribution in [0.1, 0.15) is 5.56 Å². The highest BCUT2D eigenvalue weighted by Crippen LogP contribution is 2.28. The fraction of sp³-hybridized carbons (Fsp3) is 0.458. The summed E-state index contributed by atoms with van der Waals surface area (Å²) in [6, 6.07) is 13.6. The van der Waals surface area contributed by atoms with Gasteiger partial charge in [-0.05, 0) is 29.8 Å². The number of ether oxygens (including phenoxy) is 2. The van der Waals surface area contributed by atoms with Crippen molar-refractivity contribution < 1.29 is 13.9 Å². The van der Waals surface area contributed by atoms with Crippen LogP contribution in [0.4, 0.5) is 15.8 Å². The molecule has 0 atom stereocenters. The van der Waals surface area contributed by atoms with Gasteiger partial charge in [-0.15, -0.1) is 24.0 Å². The number of piperazine rings is 1. The van der Waals surface area contributed by atoms with Crippen molar-refractivity contribution >= 4 is 41.3 Å². The van der Waals surface area contributed by atoms with Crippen LogP contribution >= 0.6 is 24.0 Å². The van der Waals surface area contributed by atoms with E-state index >= 15 is 0 Å². The van der Waals surface area contributed by atoms with Crippen LogP contribution < -0.4 is 19.9 Å². The summed E-state index contributed by atoms with van der Waals surface area (Å²) in [5.74, 6) is 1.54. The van der Waals surface area contributed by atoms with Gasteiger partial charge in [0.15, 0.2) is 5.96 Å². The van der Waals surface area contributed by atoms with E-state index in [2.05, 4.69) is 26.2 Å². The Balaban J connectivity index is 0.00000306. The van der Waals surface area contributed by atoms with E-state index in [1.807, 2.05) is 35.2 Å². The summed E-state index contributed by atoms with van der Waals surface area (Å²) in [7, 11) is 3.49. The topological polar surface area (TPSA) is 52.6 Å². The van der Waals surface area contributed by atoms with Crippen molar-refractivity contribution in [2.45, 2.75) is 6.54 Å². The minimum absolute atomic E-state index is 0. The van der Waals surface area contributed by atoms with Crippen LogP contribution in [0.25, 0.3) is 0 Å². The summed E-state index contributed by atoms with van der Waals surface area (Å²) < 4.78 is 25.6. The van der Waals surface area contributed by atoms with Crippen LogP contribution in [0.15, 0.2) is 47.5 Å². The number of benzene rings is 2. The molecule has 9 heteroatoms. The molecule has 2 heterocycles. The standard InChI is InChI=1S/C24H32FN5O2.HI/c1-26-24(30-11-9-28(10-12-30)22-5-3-4-6-23(22)31-2)27-18-19-7-8-21(20(25)17-19)29-13-15-32-16-14-29;/h3-8,17H,9-16,18H2,1-2H3,(H,26,27);1H. The van der Waals surface area contributed by atoms with Crippen LogP contribution in [0.5, 0.6) is 5.75 Å². The van der Waals surface area contributed by atoms with Gasteiger partial charge in [0.05, 0.1) is 31.7 Å². The van der Waals surface area contributed by atoms with Gasteiger partial charge in [0, 0.05) is 52.9 Å². The van der Waals surface area contributed by atoms with E-state index in [0.29, 0.717) is 25.4 Å². The SMILES string of the molecule is CN=C(NCc1ccc(N2CCOCC2)c(F)c1)N1CCN(c2ccccc2OC)CC1.I. The number of hydrogen-bond donors (Lipinski definition) is 1. The van der Waals surface area contributed by atoms with Crippen LogP contribution in [-0.4, -0.2) is 77.5 Å². The third-order valence-electron chi connectivity index (χ3n) is 6.03. The number of guanidine groups is 1. The van der Waals surface area contributed by atoms with Crippen LogP contribution in [0.2, 0.25) is 0 Å². The third kappa shape index (κ3) is 6.20. The van der Waals surface area contributed by atoms with Crippen molar-refractivity contribution in [3.05, 3.63) is 53.8 Å². The van der Waals surface area contributed by atoms with E-state index in [1.54, 1.807) is 20.2 Å². The predicted molar refractivity (Wildman–Crippen MR) is 142 cm³/mol. The molecule has 0 aliphatic carbocycles. The molecule has 0 spiro atoms. The molecule has 2 aliphatic rings. The second-order valence-corrected chi connectivity index (χ2v) is 7.93. The van der Waals surface area contributed by atoms with Gasteiger partial charge in [-0.3, -0.25) is 4.99 Å². The quantitative estimate of drug-likeness (QED) is 0.340. The Morgan fingerprint density at radius 3 is 2.36 bits per heavy atom. The molecule has 2 aromatic rings. The van der Waals surface area contributed by atoms with Crippen molar-refractivity contribution in [1.82, 2.24) is 10.2 Å². The lowest BCUT2D eigenvalue weighted by Crippen LogP contribution is -2.52. The van der Waals surface area contributed by atoms with E-state index in [0.717, 1.165) is 62.2 Å². The fourth-order valence-corrected chi connectivity index (χ4v) is 4.28. The lowest BCUT2D eigenvalue weighted by atomic mass is 10.1. The van der Waals surface area contributed by atoms with E-state index in [-0.39, 0.29) is 29.8 Å². The largest absolute Gasteiger partial charge is 0.495 e. The molecule has 1 N–H and O–H groups in total. The van der Waals surface area contributed by atoms with Gasteiger partial charge in [-0.25, -0.2) is 4.39 Å². The molecule has 0 amide bonds. The van der Waals surface area contributed by atoms with Gasteiger partial charge < -0.3 is 29.5 Å². The second kappa shape index (κ2) is 12.3. The van der Waals surface area contributed by atoms with E-state index in [9.17, 15) is 4.39 Å². The molecule has 2 saturated heterocycles. The van der Waals surface area contributed by atoms with Gasteiger partial charge in [0.2, 0.25) is 0 Å². The summed E-state index contributed by atoms with van der Waals surface area (Å²) >= 11 is 0. The molecule has 2 aromatic carbocycles. The number of rotatable bonds is 5. The van der Waals surface area contributed by atoms with Gasteiger partial charge in [-0.1, -0.05) is 18.2 Å². The lowest BCUT2D eigenvalue weighted by molar-refractivity contribution is 0.122. The van der Waals surface area contributed by atoms with Crippen molar-refractivity contribution in [1.29, 1.82) is 0 Å². The third-order valence-corrected chi connectivity index (χ3v) is 6.03. The smallest absolute Gasteiger partial charge is 0.194 e. The van der Waals surface area contributed by atoms with Crippen molar-refractivity contribution in [2.24, 2.45) is 4.99 Å². The molecule has 4 rings (SSSR count). The van der Waals surface area contributed by atoms with Crippen molar-refractivity contribution in [3.8, 4) is 5.75 Å². The first-order chi connectivity index (χ1) is 15.7. The Kier molecular flexibility index (Phi) is 9.42. The van der Waals surface area contributed by atoms with Crippen LogP contribution in [0, 0.1) is 5.82 Å². The van der Waals surface area contributed by atoms with Crippen LogP contribution in [-0.2, 0) is 11.3 Å². The number of aliphatic imine (C=N–C) groups is 1. The zero-order valence-corrected chi connectivity index (χ0v) is 21.6. The van der Waals surface area contributed by atoms with Gasteiger partial charge in [0.25, 0.3) is 0 Å². The van der Waals surface area contributed by atoms with E-state index < -0.39 is 0 Å². The normalized spacial score (nSPS) is 16.9. The number of para-hydroxylation sites is 2. The number of halogens is 2. The molecule has 7 nitrogen and oxygen atoms in total. The molecule has 0 unspecified atom stereocenters. The summed E-state index contributed by atoms with van der Waals surface area (Å²) in [5, 5.41) is 3.39. The molecule has 0 saturated carbocycles. The van der Waals surface area contributed by atoms with Crippen molar-refractivity contribution in [3.63, 3.8) is 0 Å². The Bertz CT molecular complexity index is 931. The molecule has 2 aliphatic heterocycles. The molecule has 180 valence electrons. The minimum Gasteiger partial charge on any atom is -0.495 e. The number of anilines is 2. The zero-order valence-electron chi connectivity index (χ0n) is 19.3. The first kappa shape index (κ1) is 25.4. The Hall–Kier alpha value is -2.27. The number of nitrogens with zero attached hydrogens (tertiary/aromatic N) is 4. The Labute approximate surface area is 212 Å². The number of methoxy groups -OCH3 is 1. The Morgan fingerprint density at radius 1 is 1.00 bits per heavy atom. The number of morpholine rings is 1. The van der Waals surface area contributed by atoms with Crippen LogP contribution in [0.3, 0.4) is 0 Å². The first-order valence-electron chi connectivity index (χ1n) is 11.1. The molecular weight excluding hydrogens is 536 g/mol. The second-order valence-electron chi connectivity index (χ2n) is 7.93. The molecule has 0 aromatic heterocycles. The average Bonchev–Trinajstić information content (AvgIpc) is 2.85. The van der Waals surface area contributed by atoms with E-state index in [4.69, 9.17) is 9.47 Å². The highest BCUT2D eigenvalue weighted by atomic mass is 127. The molecule has 33 heavy (non-hydrogen) atoms. The maximum atomic E-state index is 14.7. The fourth-order valence-electron chi connectivity index (χ4n) is 4.28. The highest BCUT2D eigenvalue weighted by Gasteiger charge is 2.22. The summed E-state index contributed by atoms with van der Waals surface area (Å²) in [6.45, 7) is 6.72. The molecule has 2 fully saturated rings. The average molecular weight is 569 g/mol. The minimum atomic E-state index is -0.188. The molecule has 0 bridgehead atoms. The van der Waals surface area contributed by atoms with Gasteiger partial charge in [0.1, 0.15) is 11.6 Å². The monoisotopic (exact) mass is 569 g/mol. The summed E-state index contributed by atoms with van der Waals surface area (Å²) in [6.07, 6.45) is 0. The molecule has 0 radical (unpaired) electrons. The summed E-state index contributed by atoms with van der Waals surface area (Å²) in [4.78, 5) is 11.1. The summed E-state index contributed by atoms with van der Waals surface area (Å²) in [5.41, 5.74) is 2.66. The molecular formula is C24H33FIN5O2. The van der Waals surface area contributed by atoms with E-state index in [1.165, 1.54) is 0 Å². The predicted octanol–water partition coefficient (Wildman–Crippen LogP) is 3.19. The Morgan fingerprint density at radius 2 is 1.70 bits per heavy atom. The lowest BCUT2D eigenvalue weighted by Gasteiger charge is -2.38. The number of hydrogen-bond acceptors (Lipinski definition) is 5. The van der Waals surface area contributed by atoms with Crippen molar-refractivity contribution in [2.75, 3.05) is 76.4 Å². The first-order valence-corrected chi connectivity index (χ1v) is 11.1. The zero-order chi connectivity index (χ0) is 22.3.